The molecule has 0 N–H and O–H groups in total. The molecule has 4 nitrogen and oxygen atoms in total. The Hall–Kier alpha value is -5.96. The van der Waals surface area contributed by atoms with Crippen LogP contribution in [-0.2, 0) is 5.41 Å². The lowest BCUT2D eigenvalue weighted by molar-refractivity contribution is 0.720. The third-order valence-electron chi connectivity index (χ3n) is 9.79. The summed E-state index contributed by atoms with van der Waals surface area (Å²) < 4.78 is 2.29. The molecule has 5 aromatic carbocycles. The van der Waals surface area contributed by atoms with Gasteiger partial charge >= 0.3 is 0 Å². The van der Waals surface area contributed by atoms with Crippen molar-refractivity contribution in [2.45, 2.75) is 15.2 Å². The van der Waals surface area contributed by atoms with Crippen molar-refractivity contribution in [1.29, 1.82) is 5.26 Å². The fourth-order valence-electron chi connectivity index (χ4n) is 7.92. The molecule has 4 heterocycles. The zero-order valence-corrected chi connectivity index (χ0v) is 25.9. The van der Waals surface area contributed by atoms with Crippen molar-refractivity contribution in [1.82, 2.24) is 14.5 Å². The van der Waals surface area contributed by atoms with Crippen LogP contribution in [0.5, 0.6) is 0 Å². The van der Waals surface area contributed by atoms with Gasteiger partial charge < -0.3 is 4.57 Å². The highest BCUT2D eigenvalue weighted by Crippen LogP contribution is 2.62. The van der Waals surface area contributed by atoms with Gasteiger partial charge in [-0.25, -0.2) is 0 Å². The highest BCUT2D eigenvalue weighted by atomic mass is 32.2. The van der Waals surface area contributed by atoms with Crippen molar-refractivity contribution in [3.8, 4) is 34.3 Å². The monoisotopic (exact) mass is 616 g/mol. The average molecular weight is 617 g/mol. The van der Waals surface area contributed by atoms with Gasteiger partial charge in [-0.3, -0.25) is 9.97 Å². The molecule has 47 heavy (non-hydrogen) atoms. The first-order valence-electron chi connectivity index (χ1n) is 15.6. The molecule has 218 valence electrons. The minimum absolute atomic E-state index is 0.532. The highest BCUT2D eigenvalue weighted by Gasteiger charge is 2.51. The van der Waals surface area contributed by atoms with Crippen LogP contribution < -0.4 is 0 Å². The highest BCUT2D eigenvalue weighted by molar-refractivity contribution is 7.99. The van der Waals surface area contributed by atoms with E-state index >= 15 is 0 Å². The summed E-state index contributed by atoms with van der Waals surface area (Å²) in [5, 5.41) is 12.0. The van der Waals surface area contributed by atoms with Crippen molar-refractivity contribution in [3.05, 3.63) is 174 Å². The lowest BCUT2D eigenvalue weighted by Gasteiger charge is -2.39. The molecule has 1 aliphatic carbocycles. The number of hydrogen-bond donors (Lipinski definition) is 0. The molecule has 0 amide bonds. The first-order chi connectivity index (χ1) is 23.3. The van der Waals surface area contributed by atoms with E-state index in [1.165, 1.54) is 37.6 Å². The first-order valence-corrected chi connectivity index (χ1v) is 16.5. The van der Waals surface area contributed by atoms with Gasteiger partial charge in [-0.1, -0.05) is 84.6 Å². The number of pyridine rings is 2. The molecule has 0 atom stereocenters. The molecular formula is C42H24N4S. The molecule has 2 aliphatic rings. The van der Waals surface area contributed by atoms with E-state index in [0.29, 0.717) is 5.56 Å². The Bertz CT molecular complexity index is 2580. The molecule has 0 saturated carbocycles. The second-order valence-corrected chi connectivity index (χ2v) is 13.1. The zero-order chi connectivity index (χ0) is 31.1. The minimum Gasteiger partial charge on any atom is -0.309 e. The molecule has 0 unspecified atom stereocenters. The van der Waals surface area contributed by atoms with Gasteiger partial charge in [-0.2, -0.15) is 5.26 Å². The molecule has 0 saturated heterocycles. The minimum atomic E-state index is -0.532. The Labute approximate surface area is 275 Å². The molecule has 1 aliphatic heterocycles. The number of aromatic nitrogens is 3. The molecule has 1 spiro atoms. The van der Waals surface area contributed by atoms with Gasteiger partial charge in [0, 0.05) is 38.6 Å². The zero-order valence-electron chi connectivity index (χ0n) is 25.1. The van der Waals surface area contributed by atoms with Gasteiger partial charge in [0.05, 0.1) is 39.5 Å². The summed E-state index contributed by atoms with van der Waals surface area (Å²) >= 11 is 1.84. The van der Waals surface area contributed by atoms with E-state index in [-0.39, 0.29) is 0 Å². The maximum Gasteiger partial charge on any atom is 0.0991 e. The van der Waals surface area contributed by atoms with Gasteiger partial charge in [0.1, 0.15) is 0 Å². The number of hydrogen-bond acceptors (Lipinski definition) is 4. The summed E-state index contributed by atoms with van der Waals surface area (Å²) in [4.78, 5) is 12.2. The van der Waals surface area contributed by atoms with E-state index in [0.717, 1.165) is 44.4 Å². The third kappa shape index (κ3) is 3.48. The summed E-state index contributed by atoms with van der Waals surface area (Å²) in [6, 6.07) is 49.6. The second-order valence-electron chi connectivity index (χ2n) is 12.1. The molecule has 0 radical (unpaired) electrons. The smallest absolute Gasteiger partial charge is 0.0991 e. The normalized spacial score (nSPS) is 13.6. The predicted octanol–water partition coefficient (Wildman–Crippen LogP) is 9.94. The van der Waals surface area contributed by atoms with Gasteiger partial charge in [0.25, 0.3) is 0 Å². The van der Waals surface area contributed by atoms with Gasteiger partial charge in [-0.15, -0.1) is 0 Å². The van der Waals surface area contributed by atoms with Gasteiger partial charge in [-0.05, 0) is 94.0 Å². The number of fused-ring (bicyclic) bond motifs is 12. The summed E-state index contributed by atoms with van der Waals surface area (Å²) in [6.07, 6.45) is 3.74. The Morgan fingerprint density at radius 2 is 1.26 bits per heavy atom. The quantitative estimate of drug-likeness (QED) is 0.194. The number of benzene rings is 5. The molecule has 3 aromatic heterocycles. The van der Waals surface area contributed by atoms with Crippen LogP contribution in [0, 0.1) is 11.3 Å². The van der Waals surface area contributed by atoms with Crippen LogP contribution in [0.1, 0.15) is 27.8 Å². The largest absolute Gasteiger partial charge is 0.309 e. The Morgan fingerprint density at radius 1 is 0.596 bits per heavy atom. The van der Waals surface area contributed by atoms with E-state index in [9.17, 15) is 5.26 Å². The van der Waals surface area contributed by atoms with Crippen LogP contribution in [0.25, 0.3) is 50.0 Å². The van der Waals surface area contributed by atoms with Crippen LogP contribution in [0.3, 0.4) is 0 Å². The summed E-state index contributed by atoms with van der Waals surface area (Å²) in [7, 11) is 0. The lowest BCUT2D eigenvalue weighted by atomic mass is 9.67. The van der Waals surface area contributed by atoms with Crippen molar-refractivity contribution >= 4 is 33.6 Å². The summed E-state index contributed by atoms with van der Waals surface area (Å²) in [5.74, 6) is 0. The van der Waals surface area contributed by atoms with E-state index in [4.69, 9.17) is 9.97 Å². The van der Waals surface area contributed by atoms with Crippen LogP contribution in [0.15, 0.2) is 156 Å². The third-order valence-corrected chi connectivity index (χ3v) is 11.0. The first kappa shape index (κ1) is 26.3. The van der Waals surface area contributed by atoms with Crippen molar-refractivity contribution < 1.29 is 0 Å². The number of para-hydroxylation sites is 1. The molecule has 0 fully saturated rings. The average Bonchev–Trinajstić information content (AvgIpc) is 3.62. The maximum atomic E-state index is 9.81. The number of nitrogens with zero attached hydrogens (tertiary/aromatic N) is 4. The fraction of sp³-hybridized carbons (Fsp3) is 0.0238. The number of rotatable bonds is 2. The number of nitriles is 1. The molecule has 8 aromatic rings. The summed E-state index contributed by atoms with van der Waals surface area (Å²) in [6.45, 7) is 0. The molecular weight excluding hydrogens is 593 g/mol. The van der Waals surface area contributed by atoms with E-state index in [2.05, 4.69) is 114 Å². The molecule has 10 rings (SSSR count). The Morgan fingerprint density at radius 3 is 2.02 bits per heavy atom. The fourth-order valence-corrected chi connectivity index (χ4v) is 9.25. The Kier molecular flexibility index (Phi) is 5.46. The molecule has 0 bridgehead atoms. The van der Waals surface area contributed by atoms with Gasteiger partial charge in [0.2, 0.25) is 0 Å². The van der Waals surface area contributed by atoms with Gasteiger partial charge in [0.15, 0.2) is 0 Å². The van der Waals surface area contributed by atoms with Crippen LogP contribution in [0.4, 0.5) is 0 Å². The molecule has 5 heteroatoms. The Balaban J connectivity index is 1.27. The predicted molar refractivity (Wildman–Crippen MR) is 188 cm³/mol. The van der Waals surface area contributed by atoms with Crippen LogP contribution in [-0.4, -0.2) is 14.5 Å². The van der Waals surface area contributed by atoms with Crippen molar-refractivity contribution in [3.63, 3.8) is 0 Å². The van der Waals surface area contributed by atoms with E-state index in [1.807, 2.05) is 54.5 Å². The van der Waals surface area contributed by atoms with Crippen molar-refractivity contribution in [2.24, 2.45) is 0 Å². The maximum absolute atomic E-state index is 9.81. The lowest BCUT2D eigenvalue weighted by Crippen LogP contribution is -2.32. The van der Waals surface area contributed by atoms with Crippen molar-refractivity contribution in [2.75, 3.05) is 0 Å². The summed E-state index contributed by atoms with van der Waals surface area (Å²) in [5.41, 5.74) is 12.5. The SMILES string of the molecule is N#Cc1ccc2c(c1)c1cc(-c3cccc4c3Sc3ccccc3C43c4cccnc4-c4ncccc43)ccc1n2-c1ccccc1. The van der Waals surface area contributed by atoms with E-state index in [1.54, 1.807) is 0 Å². The topological polar surface area (TPSA) is 54.5 Å². The standard InChI is InChI=1S/C42H24N4S/c43-25-26-17-19-36-30(23-26)31-24-27(18-20-37(31)46(36)28-9-2-1-3-10-28)29-11-6-13-35-41(29)47-38-16-5-4-12-32(38)42(35)33-14-7-21-44-39(33)40-34(42)15-8-22-45-40/h1-24H. The van der Waals surface area contributed by atoms with E-state index < -0.39 is 5.41 Å². The van der Waals surface area contributed by atoms with Crippen LogP contribution >= 0.6 is 11.8 Å². The van der Waals surface area contributed by atoms with Crippen LogP contribution in [0.2, 0.25) is 0 Å². The second kappa shape index (κ2) is 9.77.